The number of hydrogen-bond acceptors (Lipinski definition) is 2. The molecule has 0 aliphatic rings. The topological polar surface area (TPSA) is 34.1 Å². The van der Waals surface area contributed by atoms with Crippen molar-refractivity contribution in [3.8, 4) is 0 Å². The third kappa shape index (κ3) is 2.68. The zero-order valence-corrected chi connectivity index (χ0v) is 8.29. The van der Waals surface area contributed by atoms with E-state index in [4.69, 9.17) is 0 Å². The molecular weight excluding hydrogens is 236 g/mol. The standard InChI is InChI=1S/C8H6F4O2S/c1-5-4-6(8(9,10)11)2-3-7(5)15(12,13)14/h2-4H,1H3. The fourth-order valence-electron chi connectivity index (χ4n) is 1.10. The van der Waals surface area contributed by atoms with Gasteiger partial charge in [-0.25, -0.2) is 0 Å². The molecule has 0 unspecified atom stereocenters. The van der Waals surface area contributed by atoms with Gasteiger partial charge in [0, 0.05) is 0 Å². The molecule has 0 aliphatic carbocycles. The van der Waals surface area contributed by atoms with Gasteiger partial charge in [0.1, 0.15) is 4.90 Å². The lowest BCUT2D eigenvalue weighted by Crippen LogP contribution is -2.06. The third-order valence-electron chi connectivity index (χ3n) is 1.76. The average Bonchev–Trinajstić information content (AvgIpc) is 1.99. The first-order valence-corrected chi connectivity index (χ1v) is 5.13. The van der Waals surface area contributed by atoms with Gasteiger partial charge in [-0.1, -0.05) is 0 Å². The minimum absolute atomic E-state index is 0.271. The van der Waals surface area contributed by atoms with E-state index in [1.807, 2.05) is 0 Å². The van der Waals surface area contributed by atoms with Gasteiger partial charge in [0.25, 0.3) is 0 Å². The fourth-order valence-corrected chi connectivity index (χ4v) is 1.77. The Labute approximate surface area is 83.7 Å². The molecule has 0 heterocycles. The van der Waals surface area contributed by atoms with Gasteiger partial charge in [-0.15, -0.1) is 3.89 Å². The number of benzene rings is 1. The monoisotopic (exact) mass is 242 g/mol. The first kappa shape index (κ1) is 12.0. The van der Waals surface area contributed by atoms with Gasteiger partial charge in [0.2, 0.25) is 0 Å². The summed E-state index contributed by atoms with van der Waals surface area (Å²) in [4.78, 5) is -0.740. The van der Waals surface area contributed by atoms with Crippen LogP contribution < -0.4 is 0 Å². The average molecular weight is 242 g/mol. The molecule has 1 aromatic rings. The molecule has 0 aromatic heterocycles. The van der Waals surface area contributed by atoms with Crippen LogP contribution in [0.15, 0.2) is 23.1 Å². The van der Waals surface area contributed by atoms with Crippen molar-refractivity contribution in [1.29, 1.82) is 0 Å². The summed E-state index contributed by atoms with van der Waals surface area (Å²) in [6.45, 7) is 1.10. The molecule has 2 nitrogen and oxygen atoms in total. The lowest BCUT2D eigenvalue weighted by atomic mass is 10.1. The molecule has 84 valence electrons. The van der Waals surface area contributed by atoms with E-state index in [-0.39, 0.29) is 5.56 Å². The highest BCUT2D eigenvalue weighted by Crippen LogP contribution is 2.31. The second-order valence-corrected chi connectivity index (χ2v) is 4.23. The largest absolute Gasteiger partial charge is 0.416 e. The highest BCUT2D eigenvalue weighted by Gasteiger charge is 2.31. The predicted molar refractivity (Wildman–Crippen MR) is 44.5 cm³/mol. The number of alkyl halides is 3. The molecule has 15 heavy (non-hydrogen) atoms. The summed E-state index contributed by atoms with van der Waals surface area (Å²) in [6.07, 6.45) is -4.57. The van der Waals surface area contributed by atoms with Crippen LogP contribution in [-0.2, 0) is 16.4 Å². The van der Waals surface area contributed by atoms with E-state index in [1.54, 1.807) is 0 Å². The zero-order valence-electron chi connectivity index (χ0n) is 7.47. The summed E-state index contributed by atoms with van der Waals surface area (Å²) in [7, 11) is -4.96. The smallest absolute Gasteiger partial charge is 0.189 e. The summed E-state index contributed by atoms with van der Waals surface area (Å²) < 4.78 is 69.9. The van der Waals surface area contributed by atoms with Crippen molar-refractivity contribution in [2.75, 3.05) is 0 Å². The lowest BCUT2D eigenvalue weighted by molar-refractivity contribution is -0.137. The molecule has 0 saturated carbocycles. The Balaban J connectivity index is 3.34. The van der Waals surface area contributed by atoms with Gasteiger partial charge in [-0.05, 0) is 30.7 Å². The first-order chi connectivity index (χ1) is 6.62. The van der Waals surface area contributed by atoms with Crippen LogP contribution in [0.2, 0.25) is 0 Å². The van der Waals surface area contributed by atoms with Crippen molar-refractivity contribution in [2.24, 2.45) is 0 Å². The van der Waals surface area contributed by atoms with Crippen LogP contribution in [0.4, 0.5) is 17.1 Å². The molecule has 0 radical (unpaired) electrons. The molecular formula is C8H6F4O2S. The molecule has 1 aromatic carbocycles. The SMILES string of the molecule is Cc1cc(C(F)(F)F)ccc1S(=O)(=O)F. The second kappa shape index (κ2) is 3.48. The summed E-state index contributed by atoms with van der Waals surface area (Å²) in [5.74, 6) is 0. The van der Waals surface area contributed by atoms with E-state index < -0.39 is 26.9 Å². The van der Waals surface area contributed by atoms with Gasteiger partial charge in [-0.3, -0.25) is 0 Å². The maximum Gasteiger partial charge on any atom is 0.416 e. The van der Waals surface area contributed by atoms with Crippen LogP contribution >= 0.6 is 0 Å². The summed E-state index contributed by atoms with van der Waals surface area (Å²) in [5.41, 5.74) is -1.28. The Hall–Kier alpha value is -1.11. The molecule has 0 amide bonds. The molecule has 0 atom stereocenters. The Morgan fingerprint density at radius 3 is 2.07 bits per heavy atom. The van der Waals surface area contributed by atoms with Gasteiger partial charge >= 0.3 is 16.4 Å². The predicted octanol–water partition coefficient (Wildman–Crippen LogP) is 2.67. The van der Waals surface area contributed by atoms with Crippen molar-refractivity contribution < 1.29 is 25.5 Å². The summed E-state index contributed by atoms with van der Waals surface area (Å²) >= 11 is 0. The van der Waals surface area contributed by atoms with Crippen LogP contribution in [0.1, 0.15) is 11.1 Å². The molecule has 0 bridgehead atoms. The number of hydrogen-bond donors (Lipinski definition) is 0. The van der Waals surface area contributed by atoms with E-state index in [0.717, 1.165) is 6.92 Å². The van der Waals surface area contributed by atoms with E-state index in [2.05, 4.69) is 0 Å². The van der Waals surface area contributed by atoms with Crippen molar-refractivity contribution in [2.45, 2.75) is 18.0 Å². The number of halogens is 4. The quantitative estimate of drug-likeness (QED) is 0.560. The molecule has 0 fully saturated rings. The Morgan fingerprint density at radius 2 is 1.73 bits per heavy atom. The minimum Gasteiger partial charge on any atom is -0.189 e. The summed E-state index contributed by atoms with van der Waals surface area (Å²) in [5, 5.41) is 0. The molecule has 0 N–H and O–H groups in total. The van der Waals surface area contributed by atoms with Gasteiger partial charge in [0.05, 0.1) is 5.56 Å². The molecule has 0 aliphatic heterocycles. The highest BCUT2D eigenvalue weighted by molar-refractivity contribution is 7.86. The first-order valence-electron chi connectivity index (χ1n) is 3.75. The van der Waals surface area contributed by atoms with Crippen LogP contribution in [0, 0.1) is 6.92 Å². The van der Waals surface area contributed by atoms with Gasteiger partial charge in [0.15, 0.2) is 0 Å². The maximum atomic E-state index is 12.5. The number of aryl methyl sites for hydroxylation is 1. The molecule has 0 saturated heterocycles. The Bertz CT molecular complexity index is 476. The van der Waals surface area contributed by atoms with Crippen molar-refractivity contribution >= 4 is 10.2 Å². The lowest BCUT2D eigenvalue weighted by Gasteiger charge is -2.08. The van der Waals surface area contributed by atoms with Gasteiger partial charge < -0.3 is 0 Å². The summed E-state index contributed by atoms with van der Waals surface area (Å²) in [6, 6.07) is 1.72. The van der Waals surface area contributed by atoms with Crippen LogP contribution in [-0.4, -0.2) is 8.42 Å². The highest BCUT2D eigenvalue weighted by atomic mass is 32.3. The second-order valence-electron chi connectivity index (χ2n) is 2.92. The van der Waals surface area contributed by atoms with Crippen LogP contribution in [0.3, 0.4) is 0 Å². The van der Waals surface area contributed by atoms with Gasteiger partial charge in [-0.2, -0.15) is 21.6 Å². The minimum atomic E-state index is -4.96. The van der Waals surface area contributed by atoms with Crippen molar-refractivity contribution in [1.82, 2.24) is 0 Å². The van der Waals surface area contributed by atoms with Crippen LogP contribution in [0.25, 0.3) is 0 Å². The molecule has 1 rings (SSSR count). The van der Waals surface area contributed by atoms with Crippen molar-refractivity contribution in [3.63, 3.8) is 0 Å². The maximum absolute atomic E-state index is 12.5. The van der Waals surface area contributed by atoms with Crippen LogP contribution in [0.5, 0.6) is 0 Å². The Morgan fingerprint density at radius 1 is 1.20 bits per heavy atom. The van der Waals surface area contributed by atoms with E-state index in [1.165, 1.54) is 0 Å². The molecule has 0 spiro atoms. The fraction of sp³-hybridized carbons (Fsp3) is 0.250. The Kier molecular flexibility index (Phi) is 2.77. The normalized spacial score (nSPS) is 12.9. The van der Waals surface area contributed by atoms with E-state index >= 15 is 0 Å². The van der Waals surface area contributed by atoms with E-state index in [0.29, 0.717) is 18.2 Å². The molecule has 7 heteroatoms. The third-order valence-corrected chi connectivity index (χ3v) is 2.75. The van der Waals surface area contributed by atoms with Crippen molar-refractivity contribution in [3.05, 3.63) is 29.3 Å². The number of rotatable bonds is 1. The van der Waals surface area contributed by atoms with E-state index in [9.17, 15) is 25.5 Å². The zero-order chi connectivity index (χ0) is 11.9.